The van der Waals surface area contributed by atoms with Crippen LogP contribution in [0.3, 0.4) is 0 Å². The molecular weight excluding hydrogens is 312 g/mol. The summed E-state index contributed by atoms with van der Waals surface area (Å²) >= 11 is 1.87. The molecular formula is C14H19F2N3O2S. The van der Waals surface area contributed by atoms with Crippen molar-refractivity contribution in [3.8, 4) is 0 Å². The highest BCUT2D eigenvalue weighted by Gasteiger charge is 2.41. The van der Waals surface area contributed by atoms with Gasteiger partial charge in [0, 0.05) is 24.6 Å². The number of nitrogens with zero attached hydrogens (tertiary/aromatic N) is 2. The average molecular weight is 331 g/mol. The van der Waals surface area contributed by atoms with Crippen LogP contribution in [0.5, 0.6) is 0 Å². The normalized spacial score (nSPS) is 28.4. The number of thioether (sulfide) groups is 1. The fourth-order valence-electron chi connectivity index (χ4n) is 3.08. The van der Waals surface area contributed by atoms with E-state index < -0.39 is 13.0 Å². The van der Waals surface area contributed by atoms with Gasteiger partial charge in [0.25, 0.3) is 12.3 Å². The fraction of sp³-hybridized carbons (Fsp3) is 0.714. The summed E-state index contributed by atoms with van der Waals surface area (Å²) in [5.74, 6) is 1.70. The Morgan fingerprint density at radius 1 is 1.64 bits per heavy atom. The summed E-state index contributed by atoms with van der Waals surface area (Å²) in [6.45, 7) is 0.0614. The monoisotopic (exact) mass is 331 g/mol. The van der Waals surface area contributed by atoms with Crippen LogP contribution in [0.25, 0.3) is 0 Å². The van der Waals surface area contributed by atoms with Gasteiger partial charge < -0.3 is 10.1 Å². The van der Waals surface area contributed by atoms with Crippen LogP contribution in [0.15, 0.2) is 12.3 Å². The lowest BCUT2D eigenvalue weighted by molar-refractivity contribution is -0.0688. The van der Waals surface area contributed by atoms with Gasteiger partial charge in [0.15, 0.2) is 0 Å². The van der Waals surface area contributed by atoms with E-state index in [0.717, 1.165) is 35.4 Å². The second kappa shape index (κ2) is 6.54. The third-order valence-electron chi connectivity index (χ3n) is 4.16. The number of hydrogen-bond donors (Lipinski definition) is 1. The first-order chi connectivity index (χ1) is 10.6. The van der Waals surface area contributed by atoms with Gasteiger partial charge in [-0.3, -0.25) is 9.48 Å². The lowest BCUT2D eigenvalue weighted by Crippen LogP contribution is -2.49. The van der Waals surface area contributed by atoms with Crippen molar-refractivity contribution in [1.29, 1.82) is 0 Å². The van der Waals surface area contributed by atoms with Crippen LogP contribution in [0, 0.1) is 0 Å². The Morgan fingerprint density at radius 3 is 3.23 bits per heavy atom. The molecule has 0 aliphatic carbocycles. The van der Waals surface area contributed by atoms with Gasteiger partial charge in [-0.05, 0) is 31.1 Å². The van der Waals surface area contributed by atoms with E-state index in [4.69, 9.17) is 4.74 Å². The molecule has 2 fully saturated rings. The van der Waals surface area contributed by atoms with Gasteiger partial charge in [-0.25, -0.2) is 8.78 Å². The predicted octanol–water partition coefficient (Wildman–Crippen LogP) is 1.93. The third-order valence-corrected chi connectivity index (χ3v) is 5.38. The number of aromatic nitrogens is 2. The van der Waals surface area contributed by atoms with Gasteiger partial charge >= 0.3 is 0 Å². The molecule has 5 nitrogen and oxygen atoms in total. The summed E-state index contributed by atoms with van der Waals surface area (Å²) in [5, 5.41) is 6.74. The molecule has 0 bridgehead atoms. The molecule has 3 heterocycles. The zero-order valence-electron chi connectivity index (χ0n) is 12.1. The molecule has 8 heteroatoms. The van der Waals surface area contributed by atoms with E-state index in [9.17, 15) is 13.6 Å². The maximum atomic E-state index is 12.5. The topological polar surface area (TPSA) is 56.1 Å². The van der Waals surface area contributed by atoms with Gasteiger partial charge in [-0.15, -0.1) is 0 Å². The number of carbonyl (C=O) groups is 1. The van der Waals surface area contributed by atoms with Gasteiger partial charge in [0.2, 0.25) is 0 Å². The Bertz CT molecular complexity index is 532. The quantitative estimate of drug-likeness (QED) is 0.916. The Labute approximate surface area is 131 Å². The minimum absolute atomic E-state index is 0.0230. The summed E-state index contributed by atoms with van der Waals surface area (Å²) in [7, 11) is 0. The van der Waals surface area contributed by atoms with Crippen LogP contribution in [0.4, 0.5) is 8.78 Å². The summed E-state index contributed by atoms with van der Waals surface area (Å²) < 4.78 is 32.0. The lowest BCUT2D eigenvalue weighted by Gasteiger charge is -2.38. The Kier molecular flexibility index (Phi) is 4.67. The van der Waals surface area contributed by atoms with Crippen molar-refractivity contribution in [2.45, 2.75) is 43.9 Å². The van der Waals surface area contributed by atoms with Gasteiger partial charge in [-0.1, -0.05) is 0 Å². The summed E-state index contributed by atoms with van der Waals surface area (Å²) in [6.07, 6.45) is 1.38. The zero-order chi connectivity index (χ0) is 15.6. The standard InChI is InChI=1S/C14H19F2N3O2S/c15-12(16)8-19-11(1-4-17-19)13(20)18-10-2-5-21-14(7-10)3-6-22-9-14/h1,4,10,12H,2-3,5-9H2,(H,18,20)/t10-,14-/m1/s1. The molecule has 1 N–H and O–H groups in total. The number of rotatable bonds is 4. The largest absolute Gasteiger partial charge is 0.374 e. The molecule has 1 spiro atoms. The molecule has 0 saturated carbocycles. The van der Waals surface area contributed by atoms with Crippen LogP contribution in [-0.2, 0) is 11.3 Å². The average Bonchev–Trinajstić information content (AvgIpc) is 3.08. The van der Waals surface area contributed by atoms with E-state index in [-0.39, 0.29) is 23.2 Å². The predicted molar refractivity (Wildman–Crippen MR) is 79.3 cm³/mol. The van der Waals surface area contributed by atoms with Crippen LogP contribution in [0.2, 0.25) is 0 Å². The van der Waals surface area contributed by atoms with Crippen molar-refractivity contribution in [3.63, 3.8) is 0 Å². The smallest absolute Gasteiger partial charge is 0.269 e. The van der Waals surface area contributed by atoms with Crippen LogP contribution < -0.4 is 5.32 Å². The van der Waals surface area contributed by atoms with Gasteiger partial charge in [0.1, 0.15) is 12.2 Å². The SMILES string of the molecule is O=C(N[C@@H]1CCO[C@]2(CCSC2)C1)c1ccnn1CC(F)F. The first-order valence-corrected chi connectivity index (χ1v) is 8.56. The number of carbonyl (C=O) groups excluding carboxylic acids is 1. The van der Waals surface area contributed by atoms with Gasteiger partial charge in [-0.2, -0.15) is 16.9 Å². The van der Waals surface area contributed by atoms with E-state index >= 15 is 0 Å². The Morgan fingerprint density at radius 2 is 2.50 bits per heavy atom. The molecule has 2 saturated heterocycles. The minimum Gasteiger partial charge on any atom is -0.374 e. The van der Waals surface area contributed by atoms with Crippen molar-refractivity contribution in [1.82, 2.24) is 15.1 Å². The van der Waals surface area contributed by atoms with E-state index in [1.807, 2.05) is 11.8 Å². The highest BCUT2D eigenvalue weighted by Crippen LogP contribution is 2.38. The molecule has 1 aromatic heterocycles. The van der Waals surface area contributed by atoms with Crippen LogP contribution >= 0.6 is 11.8 Å². The van der Waals surface area contributed by atoms with E-state index in [1.54, 1.807) is 0 Å². The summed E-state index contributed by atoms with van der Waals surface area (Å²) in [5.41, 5.74) is 0.0611. The molecule has 22 heavy (non-hydrogen) atoms. The molecule has 1 aromatic rings. The fourth-order valence-corrected chi connectivity index (χ4v) is 4.45. The number of nitrogens with one attached hydrogen (secondary N) is 1. The molecule has 3 rings (SSSR count). The number of alkyl halides is 2. The summed E-state index contributed by atoms with van der Waals surface area (Å²) in [4.78, 5) is 12.3. The molecule has 2 atom stereocenters. The first-order valence-electron chi connectivity index (χ1n) is 7.40. The Balaban J connectivity index is 1.63. The highest BCUT2D eigenvalue weighted by molar-refractivity contribution is 7.99. The molecule has 2 aliphatic rings. The van der Waals surface area contributed by atoms with Crippen molar-refractivity contribution in [2.75, 3.05) is 18.1 Å². The first kappa shape index (κ1) is 15.7. The van der Waals surface area contributed by atoms with Crippen molar-refractivity contribution < 1.29 is 18.3 Å². The Hall–Kier alpha value is -1.15. The number of amides is 1. The van der Waals surface area contributed by atoms with Crippen molar-refractivity contribution in [2.24, 2.45) is 0 Å². The second-order valence-electron chi connectivity index (χ2n) is 5.79. The van der Waals surface area contributed by atoms with Crippen molar-refractivity contribution in [3.05, 3.63) is 18.0 Å². The van der Waals surface area contributed by atoms with E-state index in [1.165, 1.54) is 12.3 Å². The summed E-state index contributed by atoms with van der Waals surface area (Å²) in [6, 6.07) is 1.49. The number of ether oxygens (including phenoxy) is 1. The highest BCUT2D eigenvalue weighted by atomic mass is 32.2. The second-order valence-corrected chi connectivity index (χ2v) is 6.89. The molecule has 0 unspecified atom stereocenters. The maximum Gasteiger partial charge on any atom is 0.269 e. The lowest BCUT2D eigenvalue weighted by atomic mass is 9.90. The minimum atomic E-state index is -2.53. The van der Waals surface area contributed by atoms with Crippen LogP contribution in [-0.4, -0.2) is 51.9 Å². The molecule has 0 aromatic carbocycles. The zero-order valence-corrected chi connectivity index (χ0v) is 13.0. The molecule has 122 valence electrons. The maximum absolute atomic E-state index is 12.5. The third kappa shape index (κ3) is 3.43. The van der Waals surface area contributed by atoms with E-state index in [0.29, 0.717) is 6.61 Å². The number of hydrogen-bond acceptors (Lipinski definition) is 4. The van der Waals surface area contributed by atoms with E-state index in [2.05, 4.69) is 10.4 Å². The molecule has 2 aliphatic heterocycles. The van der Waals surface area contributed by atoms with Crippen molar-refractivity contribution >= 4 is 17.7 Å². The van der Waals surface area contributed by atoms with Crippen LogP contribution in [0.1, 0.15) is 29.8 Å². The molecule has 0 radical (unpaired) electrons. The number of halogens is 2. The molecule has 1 amide bonds. The van der Waals surface area contributed by atoms with Gasteiger partial charge in [0.05, 0.1) is 5.60 Å².